The largest absolute Gasteiger partial charge is 0.462 e. The van der Waals surface area contributed by atoms with Crippen LogP contribution in [0.1, 0.15) is 38.9 Å². The van der Waals surface area contributed by atoms with Crippen LogP contribution in [0.25, 0.3) is 11.5 Å². The van der Waals surface area contributed by atoms with Crippen molar-refractivity contribution >= 4 is 17.6 Å². The van der Waals surface area contributed by atoms with E-state index >= 15 is 0 Å². The number of carbonyl (C=O) groups is 2. The van der Waals surface area contributed by atoms with Crippen molar-refractivity contribution in [2.45, 2.75) is 20.8 Å². The monoisotopic (exact) mass is 428 g/mol. The van der Waals surface area contributed by atoms with Crippen molar-refractivity contribution < 1.29 is 14.3 Å². The van der Waals surface area contributed by atoms with E-state index in [1.165, 1.54) is 0 Å². The summed E-state index contributed by atoms with van der Waals surface area (Å²) in [6.07, 6.45) is 3.76. The van der Waals surface area contributed by atoms with Crippen LogP contribution < -0.4 is 5.32 Å². The molecule has 2 aromatic heterocycles. The van der Waals surface area contributed by atoms with E-state index < -0.39 is 5.97 Å². The summed E-state index contributed by atoms with van der Waals surface area (Å²) in [7, 11) is 0. The molecule has 0 fully saturated rings. The minimum atomic E-state index is -0.393. The van der Waals surface area contributed by atoms with Gasteiger partial charge in [-0.05, 0) is 69.3 Å². The van der Waals surface area contributed by atoms with Gasteiger partial charge >= 0.3 is 5.97 Å². The molecule has 32 heavy (non-hydrogen) atoms. The number of carbonyl (C=O) groups excluding carboxylic acids is 2. The first-order chi connectivity index (χ1) is 15.5. The highest BCUT2D eigenvalue weighted by molar-refractivity contribution is 6.07. The Balaban J connectivity index is 1.69. The number of rotatable bonds is 6. The predicted octanol–water partition coefficient (Wildman–Crippen LogP) is 4.71. The molecule has 7 heteroatoms. The lowest BCUT2D eigenvalue weighted by Gasteiger charge is -2.12. The number of hydrogen-bond donors (Lipinski definition) is 1. The van der Waals surface area contributed by atoms with E-state index in [-0.39, 0.29) is 5.91 Å². The number of esters is 1. The molecule has 0 bridgehead atoms. The zero-order valence-electron chi connectivity index (χ0n) is 18.2. The van der Waals surface area contributed by atoms with Crippen molar-refractivity contribution in [3.63, 3.8) is 0 Å². The summed E-state index contributed by atoms with van der Waals surface area (Å²) in [6.45, 7) is 5.91. The zero-order chi connectivity index (χ0) is 22.7. The Morgan fingerprint density at radius 3 is 2.25 bits per heavy atom. The summed E-state index contributed by atoms with van der Waals surface area (Å²) in [5, 5.41) is 7.58. The molecule has 1 N–H and O–H groups in total. The minimum Gasteiger partial charge on any atom is -0.462 e. The standard InChI is InChI=1S/C25H24N4O3/c1-4-32-25(31)19-9-11-20(12-10-19)26-23(30)22-18(3)27-29(21-13-7-17(2)8-14-21)24(22)28-15-5-6-16-28/h5-16H,4H2,1-3H3,(H,26,30). The third-order valence-electron chi connectivity index (χ3n) is 5.04. The van der Waals surface area contributed by atoms with E-state index in [0.29, 0.717) is 34.9 Å². The van der Waals surface area contributed by atoms with Crippen LogP contribution in [0.3, 0.4) is 0 Å². The molecule has 1 amide bonds. The number of nitrogens with one attached hydrogen (secondary N) is 1. The molecule has 0 saturated heterocycles. The van der Waals surface area contributed by atoms with Crippen molar-refractivity contribution in [2.75, 3.05) is 11.9 Å². The summed E-state index contributed by atoms with van der Waals surface area (Å²) in [6, 6.07) is 18.4. The molecule has 0 saturated carbocycles. The molecule has 0 atom stereocenters. The Morgan fingerprint density at radius 1 is 0.969 bits per heavy atom. The number of anilines is 1. The SMILES string of the molecule is CCOC(=O)c1ccc(NC(=O)c2c(C)nn(-c3ccc(C)cc3)c2-n2cccc2)cc1. The van der Waals surface area contributed by atoms with Crippen LogP contribution >= 0.6 is 0 Å². The highest BCUT2D eigenvalue weighted by Crippen LogP contribution is 2.24. The summed E-state index contributed by atoms with van der Waals surface area (Å²) >= 11 is 0. The summed E-state index contributed by atoms with van der Waals surface area (Å²) < 4.78 is 8.65. The van der Waals surface area contributed by atoms with Crippen LogP contribution in [-0.4, -0.2) is 32.8 Å². The van der Waals surface area contributed by atoms with Crippen LogP contribution in [0.5, 0.6) is 0 Å². The van der Waals surface area contributed by atoms with E-state index in [0.717, 1.165) is 11.3 Å². The number of aryl methyl sites for hydroxylation is 2. The van der Waals surface area contributed by atoms with Gasteiger partial charge in [0, 0.05) is 18.1 Å². The second kappa shape index (κ2) is 8.93. The lowest BCUT2D eigenvalue weighted by molar-refractivity contribution is 0.0526. The van der Waals surface area contributed by atoms with Gasteiger partial charge < -0.3 is 14.6 Å². The molecule has 4 rings (SSSR count). The number of benzene rings is 2. The Kier molecular flexibility index (Phi) is 5.89. The maximum absolute atomic E-state index is 13.3. The van der Waals surface area contributed by atoms with Gasteiger partial charge in [0.2, 0.25) is 0 Å². The molecular formula is C25H24N4O3. The summed E-state index contributed by atoms with van der Waals surface area (Å²) in [4.78, 5) is 25.2. The third-order valence-corrected chi connectivity index (χ3v) is 5.04. The topological polar surface area (TPSA) is 78.2 Å². The summed E-state index contributed by atoms with van der Waals surface area (Å²) in [5.41, 5.74) is 4.08. The molecule has 4 aromatic rings. The molecule has 2 aromatic carbocycles. The number of hydrogen-bond acceptors (Lipinski definition) is 4. The van der Waals surface area contributed by atoms with Crippen LogP contribution in [0.2, 0.25) is 0 Å². The second-order valence-electron chi connectivity index (χ2n) is 7.37. The Hall–Kier alpha value is -4.13. The molecule has 162 valence electrons. The van der Waals surface area contributed by atoms with Crippen molar-refractivity contribution in [3.8, 4) is 11.5 Å². The maximum Gasteiger partial charge on any atom is 0.338 e. The molecular weight excluding hydrogens is 404 g/mol. The fourth-order valence-corrected chi connectivity index (χ4v) is 3.46. The van der Waals surface area contributed by atoms with E-state index in [9.17, 15) is 9.59 Å². The lowest BCUT2D eigenvalue weighted by Crippen LogP contribution is -2.16. The third kappa shape index (κ3) is 4.18. The van der Waals surface area contributed by atoms with Crippen LogP contribution in [0, 0.1) is 13.8 Å². The lowest BCUT2D eigenvalue weighted by atomic mass is 10.2. The Labute approximate surface area is 186 Å². The molecule has 0 aliphatic rings. The Bertz CT molecular complexity index is 1240. The fourth-order valence-electron chi connectivity index (χ4n) is 3.46. The van der Waals surface area contributed by atoms with Crippen molar-refractivity contribution in [2.24, 2.45) is 0 Å². The molecule has 0 unspecified atom stereocenters. The second-order valence-corrected chi connectivity index (χ2v) is 7.37. The van der Waals surface area contributed by atoms with Gasteiger partial charge in [0.15, 0.2) is 5.82 Å². The number of nitrogens with zero attached hydrogens (tertiary/aromatic N) is 3. The van der Waals surface area contributed by atoms with E-state index in [1.54, 1.807) is 35.9 Å². The number of amides is 1. The van der Waals surface area contributed by atoms with E-state index in [1.807, 2.05) is 67.2 Å². The fraction of sp³-hybridized carbons (Fsp3) is 0.160. The molecule has 2 heterocycles. The highest BCUT2D eigenvalue weighted by atomic mass is 16.5. The molecule has 0 aliphatic heterocycles. The Morgan fingerprint density at radius 2 is 1.62 bits per heavy atom. The average Bonchev–Trinajstić information content (AvgIpc) is 3.42. The zero-order valence-corrected chi connectivity index (χ0v) is 18.2. The number of ether oxygens (including phenoxy) is 1. The normalized spacial score (nSPS) is 10.7. The molecule has 0 spiro atoms. The van der Waals surface area contributed by atoms with Gasteiger partial charge in [-0.15, -0.1) is 0 Å². The van der Waals surface area contributed by atoms with Gasteiger partial charge in [-0.1, -0.05) is 17.7 Å². The molecule has 0 radical (unpaired) electrons. The van der Waals surface area contributed by atoms with Crippen molar-refractivity contribution in [3.05, 3.63) is 95.4 Å². The van der Waals surface area contributed by atoms with E-state index in [2.05, 4.69) is 10.4 Å². The smallest absolute Gasteiger partial charge is 0.338 e. The predicted molar refractivity (Wildman–Crippen MR) is 123 cm³/mol. The van der Waals surface area contributed by atoms with E-state index in [4.69, 9.17) is 4.74 Å². The van der Waals surface area contributed by atoms with Gasteiger partial charge in [-0.2, -0.15) is 5.10 Å². The maximum atomic E-state index is 13.3. The first kappa shape index (κ1) is 21.1. The van der Waals surface area contributed by atoms with Crippen LogP contribution in [0.15, 0.2) is 73.1 Å². The minimum absolute atomic E-state index is 0.284. The quantitative estimate of drug-likeness (QED) is 0.451. The first-order valence-electron chi connectivity index (χ1n) is 10.4. The number of aromatic nitrogens is 3. The van der Waals surface area contributed by atoms with Gasteiger partial charge in [0.05, 0.1) is 23.6 Å². The highest BCUT2D eigenvalue weighted by Gasteiger charge is 2.24. The van der Waals surface area contributed by atoms with Crippen molar-refractivity contribution in [1.29, 1.82) is 0 Å². The van der Waals surface area contributed by atoms with Gasteiger partial charge in [0.25, 0.3) is 5.91 Å². The molecule has 0 aliphatic carbocycles. The first-order valence-corrected chi connectivity index (χ1v) is 10.4. The van der Waals surface area contributed by atoms with Crippen molar-refractivity contribution in [1.82, 2.24) is 14.3 Å². The van der Waals surface area contributed by atoms with Gasteiger partial charge in [-0.3, -0.25) is 4.79 Å². The average molecular weight is 428 g/mol. The van der Waals surface area contributed by atoms with Crippen LogP contribution in [-0.2, 0) is 4.74 Å². The van der Waals surface area contributed by atoms with Crippen LogP contribution in [0.4, 0.5) is 5.69 Å². The summed E-state index contributed by atoms with van der Waals surface area (Å²) in [5.74, 6) is -0.0269. The van der Waals surface area contributed by atoms with Gasteiger partial charge in [-0.25, -0.2) is 9.48 Å². The molecule has 7 nitrogen and oxygen atoms in total. The van der Waals surface area contributed by atoms with Gasteiger partial charge in [0.1, 0.15) is 5.56 Å².